The summed E-state index contributed by atoms with van der Waals surface area (Å²) in [4.78, 5) is 20.4. The quantitative estimate of drug-likeness (QED) is 0.499. The van der Waals surface area contributed by atoms with Crippen molar-refractivity contribution in [3.05, 3.63) is 41.8 Å². The van der Waals surface area contributed by atoms with Crippen LogP contribution in [0.1, 0.15) is 50.9 Å². The molecule has 30 heavy (non-hydrogen) atoms. The molecule has 0 bridgehead atoms. The number of hydrogen-bond acceptors (Lipinski definition) is 8. The van der Waals surface area contributed by atoms with Gasteiger partial charge in [-0.1, -0.05) is 19.8 Å². The minimum absolute atomic E-state index is 0.137. The van der Waals surface area contributed by atoms with Crippen LogP contribution in [0.5, 0.6) is 0 Å². The molecule has 5 heterocycles. The van der Waals surface area contributed by atoms with E-state index in [0.29, 0.717) is 12.0 Å². The molecule has 0 spiro atoms. The number of anilines is 1. The molecule has 0 saturated heterocycles. The molecule has 1 saturated carbocycles. The van der Waals surface area contributed by atoms with Crippen LogP contribution in [0.2, 0.25) is 0 Å². The molecule has 0 radical (unpaired) electrons. The molecule has 1 fully saturated rings. The van der Waals surface area contributed by atoms with E-state index < -0.39 is 0 Å². The van der Waals surface area contributed by atoms with Gasteiger partial charge in [-0.05, 0) is 19.3 Å². The van der Waals surface area contributed by atoms with Crippen molar-refractivity contribution in [3.63, 3.8) is 0 Å². The van der Waals surface area contributed by atoms with Gasteiger partial charge in [-0.2, -0.15) is 0 Å². The van der Waals surface area contributed by atoms with Crippen LogP contribution < -0.4 is 4.90 Å². The van der Waals surface area contributed by atoms with Crippen molar-refractivity contribution in [2.45, 2.75) is 51.1 Å². The molecular weight excluding hydrogens is 398 g/mol. The van der Waals surface area contributed by atoms with Gasteiger partial charge in [0.1, 0.15) is 29.7 Å². The lowest BCUT2D eigenvalue weighted by Gasteiger charge is -2.40. The molecule has 0 unspecified atom stereocenters. The lowest BCUT2D eigenvalue weighted by atomic mass is 10.0. The van der Waals surface area contributed by atoms with Crippen LogP contribution in [0.25, 0.3) is 23.0 Å². The molecule has 1 atom stereocenters. The molecule has 0 N–H and O–H groups in total. The summed E-state index contributed by atoms with van der Waals surface area (Å²) in [5.41, 5.74) is 4.41. The molecule has 0 aromatic carbocycles. The number of imidazole rings is 1. The fraction of sp³-hybridized carbons (Fsp3) is 0.400. The minimum atomic E-state index is 0.137. The van der Waals surface area contributed by atoms with Gasteiger partial charge in [-0.15, -0.1) is 21.5 Å². The van der Waals surface area contributed by atoms with Crippen molar-refractivity contribution in [1.82, 2.24) is 39.3 Å². The summed E-state index contributed by atoms with van der Waals surface area (Å²) in [7, 11) is 0. The maximum Gasteiger partial charge on any atom is 0.241 e. The van der Waals surface area contributed by atoms with E-state index in [9.17, 15) is 0 Å². The zero-order valence-corrected chi connectivity index (χ0v) is 17.4. The largest absolute Gasteiger partial charge is 0.342 e. The fourth-order valence-electron chi connectivity index (χ4n) is 4.74. The third kappa shape index (κ3) is 2.59. The Bertz CT molecular complexity index is 1170. The van der Waals surface area contributed by atoms with Crippen LogP contribution in [0.15, 0.2) is 35.9 Å². The zero-order valence-electron chi connectivity index (χ0n) is 16.6. The molecule has 4 aromatic heterocycles. The average molecular weight is 420 g/mol. The summed E-state index contributed by atoms with van der Waals surface area (Å²) in [6.07, 6.45) is 13.1. The number of aromatic nitrogens is 8. The van der Waals surface area contributed by atoms with E-state index in [-0.39, 0.29) is 6.04 Å². The van der Waals surface area contributed by atoms with Crippen molar-refractivity contribution in [1.29, 1.82) is 0 Å². The molecule has 4 aromatic rings. The topological polar surface area (TPSA) is 90.4 Å². The summed E-state index contributed by atoms with van der Waals surface area (Å²) in [6.45, 7) is 2.20. The van der Waals surface area contributed by atoms with Crippen molar-refractivity contribution in [2.24, 2.45) is 0 Å². The predicted molar refractivity (Wildman–Crippen MR) is 113 cm³/mol. The lowest BCUT2D eigenvalue weighted by Crippen LogP contribution is -2.42. The van der Waals surface area contributed by atoms with Gasteiger partial charge >= 0.3 is 0 Å². The molecule has 0 amide bonds. The SMILES string of the molecule is CC[C@@H]1c2nnc(-n3cnc(-c4cscn4)c3)n2-c2cncnc2N1C1CCCC1. The summed E-state index contributed by atoms with van der Waals surface area (Å²) in [5, 5.41) is 11.2. The van der Waals surface area contributed by atoms with E-state index >= 15 is 0 Å². The van der Waals surface area contributed by atoms with Crippen molar-refractivity contribution in [3.8, 4) is 23.0 Å². The highest BCUT2D eigenvalue weighted by Gasteiger charge is 2.39. The van der Waals surface area contributed by atoms with Gasteiger partial charge in [0.05, 0.1) is 17.7 Å². The van der Waals surface area contributed by atoms with Gasteiger partial charge in [0, 0.05) is 17.6 Å². The predicted octanol–water partition coefficient (Wildman–Crippen LogP) is 3.58. The Balaban J connectivity index is 1.50. The maximum atomic E-state index is 4.71. The second-order valence-corrected chi connectivity index (χ2v) is 8.45. The first-order valence-corrected chi connectivity index (χ1v) is 11.3. The third-order valence-corrected chi connectivity index (χ3v) is 6.66. The molecule has 1 aliphatic heterocycles. The molecule has 1 aliphatic carbocycles. The van der Waals surface area contributed by atoms with Crippen LogP contribution in [0, 0.1) is 0 Å². The van der Waals surface area contributed by atoms with E-state index in [1.807, 2.05) is 27.9 Å². The van der Waals surface area contributed by atoms with E-state index in [0.717, 1.165) is 35.1 Å². The van der Waals surface area contributed by atoms with Crippen LogP contribution in [-0.4, -0.2) is 45.3 Å². The number of thiazole rings is 1. The molecule has 9 nitrogen and oxygen atoms in total. The van der Waals surface area contributed by atoms with E-state index in [1.54, 1.807) is 24.0 Å². The van der Waals surface area contributed by atoms with Gasteiger partial charge in [-0.25, -0.2) is 19.9 Å². The third-order valence-electron chi connectivity index (χ3n) is 6.08. The van der Waals surface area contributed by atoms with Crippen LogP contribution >= 0.6 is 11.3 Å². The van der Waals surface area contributed by atoms with Gasteiger partial charge in [0.25, 0.3) is 0 Å². The lowest BCUT2D eigenvalue weighted by molar-refractivity contribution is 0.468. The molecule has 2 aliphatic rings. The Morgan fingerprint density at radius 2 is 2.00 bits per heavy atom. The smallest absolute Gasteiger partial charge is 0.241 e. The minimum Gasteiger partial charge on any atom is -0.342 e. The van der Waals surface area contributed by atoms with E-state index in [1.165, 1.54) is 25.7 Å². The van der Waals surface area contributed by atoms with Crippen molar-refractivity contribution < 1.29 is 0 Å². The number of fused-ring (bicyclic) bond motifs is 3. The average Bonchev–Trinajstić information content (AvgIpc) is 3.57. The highest BCUT2D eigenvalue weighted by Crippen LogP contribution is 2.43. The Morgan fingerprint density at radius 3 is 2.80 bits per heavy atom. The molecule has 152 valence electrons. The summed E-state index contributed by atoms with van der Waals surface area (Å²) in [6, 6.07) is 0.625. The first-order chi connectivity index (χ1) is 14.8. The summed E-state index contributed by atoms with van der Waals surface area (Å²) < 4.78 is 3.99. The standard InChI is InChI=1S/C20H21N9S/c1-2-16-19-25-26-20(27-8-14(23-11-27)15-9-30-12-24-15)29(19)17-7-21-10-22-18(17)28(16)13-5-3-4-6-13/h7-13,16H,2-6H2,1H3/t16-/m1/s1. The van der Waals surface area contributed by atoms with Gasteiger partial charge in [-0.3, -0.25) is 9.13 Å². The Morgan fingerprint density at radius 1 is 1.10 bits per heavy atom. The zero-order chi connectivity index (χ0) is 20.1. The van der Waals surface area contributed by atoms with Crippen LogP contribution in [0.3, 0.4) is 0 Å². The van der Waals surface area contributed by atoms with Gasteiger partial charge < -0.3 is 4.90 Å². The Kier molecular flexibility index (Phi) is 4.12. The summed E-state index contributed by atoms with van der Waals surface area (Å²) >= 11 is 1.55. The Hall–Kier alpha value is -3.14. The highest BCUT2D eigenvalue weighted by molar-refractivity contribution is 7.07. The fourth-order valence-corrected chi connectivity index (χ4v) is 5.28. The monoisotopic (exact) mass is 419 g/mol. The molecule has 6 rings (SSSR count). The highest BCUT2D eigenvalue weighted by atomic mass is 32.1. The summed E-state index contributed by atoms with van der Waals surface area (Å²) in [5.74, 6) is 2.60. The van der Waals surface area contributed by atoms with Crippen molar-refractivity contribution in [2.75, 3.05) is 4.90 Å². The van der Waals surface area contributed by atoms with Crippen LogP contribution in [0.4, 0.5) is 5.82 Å². The van der Waals surface area contributed by atoms with Gasteiger partial charge in [0.15, 0.2) is 11.6 Å². The normalized spacial score (nSPS) is 18.6. The first-order valence-electron chi connectivity index (χ1n) is 10.3. The second-order valence-electron chi connectivity index (χ2n) is 7.73. The van der Waals surface area contributed by atoms with Gasteiger partial charge in [0.2, 0.25) is 5.95 Å². The number of hydrogen-bond donors (Lipinski definition) is 0. The van der Waals surface area contributed by atoms with E-state index in [2.05, 4.69) is 41.5 Å². The Labute approximate surface area is 177 Å². The molecular formula is C20H21N9S. The van der Waals surface area contributed by atoms with Crippen molar-refractivity contribution >= 4 is 17.2 Å². The maximum absolute atomic E-state index is 4.71. The van der Waals surface area contributed by atoms with E-state index in [4.69, 9.17) is 4.98 Å². The first kappa shape index (κ1) is 17.7. The molecule has 10 heteroatoms. The van der Waals surface area contributed by atoms with Crippen LogP contribution in [-0.2, 0) is 0 Å². The second kappa shape index (κ2) is 6.98. The number of rotatable bonds is 4. The number of nitrogens with zero attached hydrogens (tertiary/aromatic N) is 9.